The van der Waals surface area contributed by atoms with Gasteiger partial charge in [0, 0.05) is 36.8 Å². The minimum Gasteiger partial charge on any atom is -0.497 e. The molecule has 156 valence electrons. The summed E-state index contributed by atoms with van der Waals surface area (Å²) in [5, 5.41) is -0.247. The lowest BCUT2D eigenvalue weighted by Gasteiger charge is -2.37. The number of alkyl halides is 3. The van der Waals surface area contributed by atoms with E-state index in [0.717, 1.165) is 16.7 Å². The van der Waals surface area contributed by atoms with Gasteiger partial charge in [0.1, 0.15) is 5.75 Å². The molecular weight excluding hydrogens is 401 g/mol. The molecule has 0 radical (unpaired) electrons. The summed E-state index contributed by atoms with van der Waals surface area (Å²) < 4.78 is 43.9. The highest BCUT2D eigenvalue weighted by Crippen LogP contribution is 2.32. The largest absolute Gasteiger partial charge is 0.497 e. The van der Waals surface area contributed by atoms with E-state index in [4.69, 9.17) is 4.74 Å². The number of halogens is 3. The number of piperazine rings is 1. The number of anilines is 1. The number of thioether (sulfide) groups is 1. The molecule has 0 spiro atoms. The van der Waals surface area contributed by atoms with Crippen molar-refractivity contribution < 1.29 is 22.7 Å². The highest BCUT2D eigenvalue weighted by Gasteiger charge is 2.31. The zero-order chi connectivity index (χ0) is 21.0. The molecule has 1 amide bonds. The van der Waals surface area contributed by atoms with Gasteiger partial charge in [-0.25, -0.2) is 0 Å². The predicted molar refractivity (Wildman–Crippen MR) is 109 cm³/mol. The first-order valence-corrected chi connectivity index (χ1v) is 10.2. The molecule has 0 unspecified atom stereocenters. The first kappa shape index (κ1) is 21.4. The summed E-state index contributed by atoms with van der Waals surface area (Å²) in [5.74, 6) is 0.800. The lowest BCUT2D eigenvalue weighted by atomic mass is 10.1. The fourth-order valence-corrected chi connectivity index (χ4v) is 4.18. The van der Waals surface area contributed by atoms with E-state index >= 15 is 0 Å². The molecule has 2 aromatic carbocycles. The Kier molecular flexibility index (Phi) is 6.62. The average Bonchev–Trinajstić information content (AvgIpc) is 2.73. The number of benzene rings is 2. The summed E-state index contributed by atoms with van der Waals surface area (Å²) in [7, 11) is 1.60. The SMILES string of the molecule is COc1ccc(S[C@@H](C)C(=O)N2CCN(c3cccc(C(F)(F)F)c3)CC2)cc1. The van der Waals surface area contributed by atoms with Crippen molar-refractivity contribution in [2.75, 3.05) is 38.2 Å². The number of ether oxygens (including phenoxy) is 1. The van der Waals surface area contributed by atoms with Crippen LogP contribution >= 0.6 is 11.8 Å². The highest BCUT2D eigenvalue weighted by atomic mass is 32.2. The number of nitrogens with zero attached hydrogens (tertiary/aromatic N) is 2. The highest BCUT2D eigenvalue weighted by molar-refractivity contribution is 8.00. The number of amides is 1. The molecular formula is C21H23F3N2O2S. The first-order valence-electron chi connectivity index (χ1n) is 9.29. The number of hydrogen-bond donors (Lipinski definition) is 0. The van der Waals surface area contributed by atoms with Crippen LogP contribution in [0.1, 0.15) is 12.5 Å². The quantitative estimate of drug-likeness (QED) is 0.660. The number of carbonyl (C=O) groups is 1. The molecule has 1 fully saturated rings. The third-order valence-corrected chi connectivity index (χ3v) is 5.95. The van der Waals surface area contributed by atoms with Crippen LogP contribution in [-0.2, 0) is 11.0 Å². The Hall–Kier alpha value is -2.35. The topological polar surface area (TPSA) is 32.8 Å². The van der Waals surface area contributed by atoms with Gasteiger partial charge >= 0.3 is 6.18 Å². The maximum atomic E-state index is 12.9. The smallest absolute Gasteiger partial charge is 0.416 e. The van der Waals surface area contributed by atoms with E-state index in [1.165, 1.54) is 23.9 Å². The van der Waals surface area contributed by atoms with Gasteiger partial charge in [-0.05, 0) is 49.4 Å². The van der Waals surface area contributed by atoms with Crippen molar-refractivity contribution >= 4 is 23.4 Å². The van der Waals surface area contributed by atoms with Crippen molar-refractivity contribution in [2.24, 2.45) is 0 Å². The summed E-state index contributed by atoms with van der Waals surface area (Å²) in [4.78, 5) is 17.4. The minimum absolute atomic E-state index is 0.0366. The van der Waals surface area contributed by atoms with Crippen LogP contribution in [0.4, 0.5) is 18.9 Å². The fraction of sp³-hybridized carbons (Fsp3) is 0.381. The van der Waals surface area contributed by atoms with Crippen LogP contribution in [0.25, 0.3) is 0 Å². The lowest BCUT2D eigenvalue weighted by Crippen LogP contribution is -2.50. The zero-order valence-electron chi connectivity index (χ0n) is 16.3. The zero-order valence-corrected chi connectivity index (χ0v) is 17.1. The molecule has 4 nitrogen and oxygen atoms in total. The second kappa shape index (κ2) is 8.98. The van der Waals surface area contributed by atoms with Crippen molar-refractivity contribution in [3.8, 4) is 5.75 Å². The van der Waals surface area contributed by atoms with Crippen LogP contribution in [0.2, 0.25) is 0 Å². The molecule has 1 atom stereocenters. The standard InChI is InChI=1S/C21H23F3N2O2S/c1-15(29-19-8-6-18(28-2)7-9-19)20(27)26-12-10-25(11-13-26)17-5-3-4-16(14-17)21(22,23)24/h3-9,14-15H,10-13H2,1-2H3/t15-/m0/s1. The van der Waals surface area contributed by atoms with Crippen LogP contribution in [0, 0.1) is 0 Å². The monoisotopic (exact) mass is 424 g/mol. The van der Waals surface area contributed by atoms with Crippen LogP contribution < -0.4 is 9.64 Å². The fourth-order valence-electron chi connectivity index (χ4n) is 3.23. The van der Waals surface area contributed by atoms with E-state index in [0.29, 0.717) is 31.9 Å². The van der Waals surface area contributed by atoms with Gasteiger partial charge in [-0.15, -0.1) is 11.8 Å². The second-order valence-corrected chi connectivity index (χ2v) is 8.21. The van der Waals surface area contributed by atoms with Gasteiger partial charge < -0.3 is 14.5 Å². The van der Waals surface area contributed by atoms with Crippen molar-refractivity contribution in [1.82, 2.24) is 4.90 Å². The molecule has 2 aromatic rings. The third kappa shape index (κ3) is 5.38. The van der Waals surface area contributed by atoms with Gasteiger partial charge in [0.2, 0.25) is 5.91 Å². The van der Waals surface area contributed by atoms with Crippen molar-refractivity contribution in [3.05, 3.63) is 54.1 Å². The summed E-state index contributed by atoms with van der Waals surface area (Å²) >= 11 is 1.48. The first-order chi connectivity index (χ1) is 13.8. The number of carbonyl (C=O) groups excluding carboxylic acids is 1. The summed E-state index contributed by atoms with van der Waals surface area (Å²) in [6, 6.07) is 12.9. The van der Waals surface area contributed by atoms with Gasteiger partial charge in [-0.2, -0.15) is 13.2 Å². The Morgan fingerprint density at radius 2 is 1.72 bits per heavy atom. The molecule has 1 heterocycles. The molecule has 0 N–H and O–H groups in total. The van der Waals surface area contributed by atoms with Gasteiger partial charge in [0.05, 0.1) is 17.9 Å². The molecule has 8 heteroatoms. The van der Waals surface area contributed by atoms with Crippen LogP contribution in [-0.4, -0.2) is 49.3 Å². The number of rotatable bonds is 5. The Morgan fingerprint density at radius 1 is 1.07 bits per heavy atom. The van der Waals surface area contributed by atoms with Crippen LogP contribution in [0.3, 0.4) is 0 Å². The van der Waals surface area contributed by atoms with Gasteiger partial charge in [0.25, 0.3) is 0 Å². The van der Waals surface area contributed by atoms with Crippen molar-refractivity contribution in [2.45, 2.75) is 23.2 Å². The molecule has 29 heavy (non-hydrogen) atoms. The molecule has 0 aromatic heterocycles. The molecule has 3 rings (SSSR count). The lowest BCUT2D eigenvalue weighted by molar-refractivity contribution is -0.137. The number of hydrogen-bond acceptors (Lipinski definition) is 4. The maximum absolute atomic E-state index is 12.9. The molecule has 1 aliphatic rings. The van der Waals surface area contributed by atoms with E-state index in [9.17, 15) is 18.0 Å². The third-order valence-electron chi connectivity index (χ3n) is 4.85. The van der Waals surface area contributed by atoms with E-state index in [-0.39, 0.29) is 11.2 Å². The molecule has 0 bridgehead atoms. The average molecular weight is 424 g/mol. The maximum Gasteiger partial charge on any atom is 0.416 e. The van der Waals surface area contributed by atoms with Crippen molar-refractivity contribution in [3.63, 3.8) is 0 Å². The van der Waals surface area contributed by atoms with E-state index in [1.54, 1.807) is 18.1 Å². The minimum atomic E-state index is -4.36. The van der Waals surface area contributed by atoms with Gasteiger partial charge in [-0.1, -0.05) is 6.07 Å². The second-order valence-electron chi connectivity index (χ2n) is 6.80. The Morgan fingerprint density at radius 3 is 2.31 bits per heavy atom. The normalized spacial score (nSPS) is 15.9. The predicted octanol–water partition coefficient (Wildman–Crippen LogP) is 4.54. The Labute approximate surface area is 172 Å². The van der Waals surface area contributed by atoms with E-state index < -0.39 is 11.7 Å². The molecule has 0 saturated carbocycles. The summed E-state index contributed by atoms with van der Waals surface area (Å²) in [5.41, 5.74) is -0.120. The Bertz CT molecular complexity index is 835. The molecule has 1 saturated heterocycles. The molecule has 0 aliphatic carbocycles. The Balaban J connectivity index is 1.56. The van der Waals surface area contributed by atoms with Gasteiger partial charge in [0.15, 0.2) is 0 Å². The van der Waals surface area contributed by atoms with Gasteiger partial charge in [-0.3, -0.25) is 4.79 Å². The summed E-state index contributed by atoms with van der Waals surface area (Å²) in [6.07, 6.45) is -4.36. The van der Waals surface area contributed by atoms with E-state index in [1.807, 2.05) is 36.1 Å². The van der Waals surface area contributed by atoms with E-state index in [2.05, 4.69) is 0 Å². The summed E-state index contributed by atoms with van der Waals surface area (Å²) in [6.45, 7) is 3.86. The van der Waals surface area contributed by atoms with Crippen LogP contribution in [0.5, 0.6) is 5.75 Å². The number of methoxy groups -OCH3 is 1. The van der Waals surface area contributed by atoms with Crippen molar-refractivity contribution in [1.29, 1.82) is 0 Å². The molecule has 1 aliphatic heterocycles. The van der Waals surface area contributed by atoms with Crippen LogP contribution in [0.15, 0.2) is 53.4 Å².